The number of carbonyl (C=O) groups is 1. The summed E-state index contributed by atoms with van der Waals surface area (Å²) in [5.41, 5.74) is 3.43. The Kier molecular flexibility index (Phi) is 5.14. The van der Waals surface area contributed by atoms with Crippen molar-refractivity contribution in [3.63, 3.8) is 0 Å². The Morgan fingerprint density at radius 1 is 1.38 bits per heavy atom. The Hall–Kier alpha value is -2.11. The molecule has 0 aliphatic carbocycles. The smallest absolute Gasteiger partial charge is 0.221 e. The van der Waals surface area contributed by atoms with Crippen molar-refractivity contribution < 1.29 is 4.79 Å². The Morgan fingerprint density at radius 3 is 2.81 bits per heavy atom. The molecule has 2 heterocycles. The van der Waals surface area contributed by atoms with E-state index in [1.54, 1.807) is 6.20 Å². The van der Waals surface area contributed by atoms with E-state index >= 15 is 0 Å². The number of rotatable bonds is 7. The number of carbonyl (C=O) groups excluding carboxylic acids is 1. The van der Waals surface area contributed by atoms with E-state index in [-0.39, 0.29) is 5.91 Å². The van der Waals surface area contributed by atoms with E-state index in [1.807, 2.05) is 31.5 Å². The van der Waals surface area contributed by atoms with Gasteiger partial charge in [0.05, 0.1) is 5.69 Å². The molecular formula is C15H23N5O. The van der Waals surface area contributed by atoms with Gasteiger partial charge in [-0.1, -0.05) is 0 Å². The number of amides is 1. The molecule has 0 aliphatic rings. The number of hydrogen-bond donors (Lipinski definition) is 2. The first kappa shape index (κ1) is 15.3. The number of aryl methyl sites for hydroxylation is 4. The molecule has 2 aromatic heterocycles. The second-order valence-electron chi connectivity index (χ2n) is 5.28. The molecule has 2 aromatic rings. The molecule has 0 atom stereocenters. The second-order valence-corrected chi connectivity index (χ2v) is 5.28. The minimum absolute atomic E-state index is 0.0868. The first-order chi connectivity index (χ1) is 10.1. The van der Waals surface area contributed by atoms with Gasteiger partial charge < -0.3 is 9.88 Å². The van der Waals surface area contributed by atoms with Gasteiger partial charge in [-0.3, -0.25) is 9.89 Å². The third-order valence-corrected chi connectivity index (χ3v) is 3.71. The number of aromatic amines is 1. The predicted molar refractivity (Wildman–Crippen MR) is 81.0 cm³/mol. The van der Waals surface area contributed by atoms with Crippen LogP contribution in [0, 0.1) is 20.8 Å². The van der Waals surface area contributed by atoms with E-state index < -0.39 is 0 Å². The molecule has 0 saturated heterocycles. The zero-order chi connectivity index (χ0) is 15.2. The van der Waals surface area contributed by atoms with Crippen LogP contribution in [0.25, 0.3) is 0 Å². The topological polar surface area (TPSA) is 75.6 Å². The van der Waals surface area contributed by atoms with Crippen LogP contribution in [0.2, 0.25) is 0 Å². The summed E-state index contributed by atoms with van der Waals surface area (Å²) < 4.78 is 1.98. The Morgan fingerprint density at radius 2 is 2.19 bits per heavy atom. The van der Waals surface area contributed by atoms with Crippen LogP contribution in [-0.2, 0) is 17.8 Å². The predicted octanol–water partition coefficient (Wildman–Crippen LogP) is 1.67. The zero-order valence-electron chi connectivity index (χ0n) is 12.9. The first-order valence-corrected chi connectivity index (χ1v) is 7.33. The molecule has 6 heteroatoms. The van der Waals surface area contributed by atoms with Gasteiger partial charge in [0.15, 0.2) is 0 Å². The maximum atomic E-state index is 11.8. The number of nitrogens with zero attached hydrogens (tertiary/aromatic N) is 3. The minimum atomic E-state index is 0.0868. The van der Waals surface area contributed by atoms with Crippen LogP contribution < -0.4 is 5.32 Å². The van der Waals surface area contributed by atoms with Crippen molar-refractivity contribution in [3.05, 3.63) is 35.2 Å². The molecule has 0 fully saturated rings. The van der Waals surface area contributed by atoms with E-state index in [0.717, 1.165) is 30.1 Å². The molecule has 1 amide bonds. The van der Waals surface area contributed by atoms with Crippen LogP contribution in [0.15, 0.2) is 12.4 Å². The summed E-state index contributed by atoms with van der Waals surface area (Å²) in [6, 6.07) is 0. The number of aromatic nitrogens is 4. The van der Waals surface area contributed by atoms with Gasteiger partial charge in [0.2, 0.25) is 5.91 Å². The first-order valence-electron chi connectivity index (χ1n) is 7.33. The quantitative estimate of drug-likeness (QED) is 0.761. The third kappa shape index (κ3) is 4.18. The van der Waals surface area contributed by atoms with Crippen LogP contribution in [-0.4, -0.2) is 32.2 Å². The number of nitrogens with one attached hydrogen (secondary N) is 2. The van der Waals surface area contributed by atoms with Crippen molar-refractivity contribution in [2.45, 2.75) is 46.6 Å². The van der Waals surface area contributed by atoms with Gasteiger partial charge in [0.25, 0.3) is 0 Å². The standard InChI is InChI=1S/C15H23N5O/c1-11-14(12(2)19-18-11)5-4-7-17-15(21)6-9-20-10-8-16-13(20)3/h8,10H,4-7,9H2,1-3H3,(H,17,21)(H,18,19). The van der Waals surface area contributed by atoms with Crippen LogP contribution in [0.4, 0.5) is 0 Å². The van der Waals surface area contributed by atoms with Crippen LogP contribution >= 0.6 is 0 Å². The second kappa shape index (κ2) is 7.06. The van der Waals surface area contributed by atoms with Crippen LogP contribution in [0.3, 0.4) is 0 Å². The van der Waals surface area contributed by atoms with Crippen LogP contribution in [0.5, 0.6) is 0 Å². The van der Waals surface area contributed by atoms with Crippen molar-refractivity contribution in [2.75, 3.05) is 6.54 Å². The summed E-state index contributed by atoms with van der Waals surface area (Å²) in [5.74, 6) is 1.03. The SMILES string of the molecule is Cc1n[nH]c(C)c1CCCNC(=O)CCn1ccnc1C. The van der Waals surface area contributed by atoms with Gasteiger partial charge >= 0.3 is 0 Å². The summed E-state index contributed by atoms with van der Waals surface area (Å²) >= 11 is 0. The highest BCUT2D eigenvalue weighted by Crippen LogP contribution is 2.11. The van der Waals surface area contributed by atoms with E-state index in [9.17, 15) is 4.79 Å². The van der Waals surface area contributed by atoms with Gasteiger partial charge in [-0.15, -0.1) is 0 Å². The fourth-order valence-electron chi connectivity index (χ4n) is 2.39. The fraction of sp³-hybridized carbons (Fsp3) is 0.533. The van der Waals surface area contributed by atoms with Crippen LogP contribution in [0.1, 0.15) is 35.6 Å². The van der Waals surface area contributed by atoms with Gasteiger partial charge in [0.1, 0.15) is 5.82 Å². The van der Waals surface area contributed by atoms with E-state index in [0.29, 0.717) is 19.5 Å². The lowest BCUT2D eigenvalue weighted by molar-refractivity contribution is -0.121. The molecule has 0 aromatic carbocycles. The highest BCUT2D eigenvalue weighted by Gasteiger charge is 2.06. The zero-order valence-corrected chi connectivity index (χ0v) is 12.9. The molecule has 0 radical (unpaired) electrons. The number of imidazole rings is 1. The Bertz CT molecular complexity index is 579. The molecule has 0 saturated carbocycles. The number of hydrogen-bond acceptors (Lipinski definition) is 3. The largest absolute Gasteiger partial charge is 0.356 e. The number of H-pyrrole nitrogens is 1. The van der Waals surface area contributed by atoms with Gasteiger partial charge in [-0.25, -0.2) is 4.98 Å². The average Bonchev–Trinajstić information content (AvgIpc) is 3.00. The van der Waals surface area contributed by atoms with Gasteiger partial charge in [-0.05, 0) is 39.2 Å². The lowest BCUT2D eigenvalue weighted by Gasteiger charge is -2.07. The Balaban J connectivity index is 1.65. The average molecular weight is 289 g/mol. The molecule has 0 spiro atoms. The fourth-order valence-corrected chi connectivity index (χ4v) is 2.39. The van der Waals surface area contributed by atoms with Crippen molar-refractivity contribution >= 4 is 5.91 Å². The Labute approximate surface area is 125 Å². The van der Waals surface area contributed by atoms with Gasteiger partial charge in [-0.2, -0.15) is 5.10 Å². The van der Waals surface area contributed by atoms with E-state index in [2.05, 4.69) is 20.5 Å². The monoisotopic (exact) mass is 289 g/mol. The van der Waals surface area contributed by atoms with Gasteiger partial charge in [0, 0.05) is 37.6 Å². The summed E-state index contributed by atoms with van der Waals surface area (Å²) in [6.45, 7) is 7.35. The normalized spacial score (nSPS) is 10.8. The molecule has 2 rings (SSSR count). The molecule has 0 unspecified atom stereocenters. The maximum absolute atomic E-state index is 11.8. The summed E-state index contributed by atoms with van der Waals surface area (Å²) in [5, 5.41) is 10.1. The maximum Gasteiger partial charge on any atom is 0.221 e. The summed E-state index contributed by atoms with van der Waals surface area (Å²) in [4.78, 5) is 15.9. The molecule has 0 bridgehead atoms. The van der Waals surface area contributed by atoms with Crippen molar-refractivity contribution in [1.29, 1.82) is 0 Å². The molecule has 114 valence electrons. The molecular weight excluding hydrogens is 266 g/mol. The lowest BCUT2D eigenvalue weighted by Crippen LogP contribution is -2.25. The highest BCUT2D eigenvalue weighted by molar-refractivity contribution is 5.75. The van der Waals surface area contributed by atoms with E-state index in [4.69, 9.17) is 0 Å². The van der Waals surface area contributed by atoms with Crippen molar-refractivity contribution in [3.8, 4) is 0 Å². The summed E-state index contributed by atoms with van der Waals surface area (Å²) in [6.07, 6.45) is 6.00. The van der Waals surface area contributed by atoms with Crippen molar-refractivity contribution in [1.82, 2.24) is 25.1 Å². The lowest BCUT2D eigenvalue weighted by atomic mass is 10.1. The summed E-state index contributed by atoms with van der Waals surface area (Å²) in [7, 11) is 0. The molecule has 2 N–H and O–H groups in total. The molecule has 0 aliphatic heterocycles. The van der Waals surface area contributed by atoms with Crippen molar-refractivity contribution in [2.24, 2.45) is 0 Å². The third-order valence-electron chi connectivity index (χ3n) is 3.71. The molecule has 21 heavy (non-hydrogen) atoms. The highest BCUT2D eigenvalue weighted by atomic mass is 16.1. The minimum Gasteiger partial charge on any atom is -0.356 e. The molecule has 6 nitrogen and oxygen atoms in total. The van der Waals surface area contributed by atoms with E-state index in [1.165, 1.54) is 5.56 Å².